The van der Waals surface area contributed by atoms with Crippen LogP contribution in [0.25, 0.3) is 0 Å². The van der Waals surface area contributed by atoms with Crippen LogP contribution >= 0.6 is 0 Å². The van der Waals surface area contributed by atoms with Crippen LogP contribution in [0, 0.1) is 0 Å². The summed E-state index contributed by atoms with van der Waals surface area (Å²) in [5.74, 6) is 0.841. The van der Waals surface area contributed by atoms with Crippen LogP contribution in [0.15, 0.2) is 84.9 Å². The monoisotopic (exact) mass is 331 g/mol. The Morgan fingerprint density at radius 2 is 1.56 bits per heavy atom. The zero-order chi connectivity index (χ0) is 17.5. The highest BCUT2D eigenvalue weighted by atomic mass is 16.5. The topological polar surface area (TPSA) is 29.5 Å². The third-order valence-electron chi connectivity index (χ3n) is 4.09. The number of benzene rings is 3. The summed E-state index contributed by atoms with van der Waals surface area (Å²) in [6, 6.07) is 27.1. The molecule has 0 saturated heterocycles. The average Bonchev–Trinajstić information content (AvgIpc) is 2.69. The number of nitrogens with zero attached hydrogens (tertiary/aromatic N) is 1. The molecule has 0 N–H and O–H groups in total. The van der Waals surface area contributed by atoms with Gasteiger partial charge in [0.1, 0.15) is 5.75 Å². The van der Waals surface area contributed by atoms with E-state index in [1.165, 1.54) is 0 Å². The standard InChI is InChI=1S/C22H21NO2/c1-25-21-14-8-9-18(17-21)15-16-23(20-12-6-3-7-13-20)22(24)19-10-4-2-5-11-19/h2-14,17H,15-16H2,1H3. The fraction of sp³-hybridized carbons (Fsp3) is 0.136. The molecule has 0 heterocycles. The molecule has 3 heteroatoms. The molecule has 0 unspecified atom stereocenters. The number of anilines is 1. The molecule has 0 aliphatic rings. The molecule has 3 aromatic rings. The maximum absolute atomic E-state index is 13.0. The molecule has 0 atom stereocenters. The second-order valence-corrected chi connectivity index (χ2v) is 5.76. The Bertz CT molecular complexity index is 816. The molecular weight excluding hydrogens is 310 g/mol. The molecule has 0 aliphatic carbocycles. The first kappa shape index (κ1) is 16.8. The molecule has 3 nitrogen and oxygen atoms in total. The van der Waals surface area contributed by atoms with Crippen molar-refractivity contribution in [1.82, 2.24) is 0 Å². The van der Waals surface area contributed by atoms with Crippen LogP contribution in [0.3, 0.4) is 0 Å². The normalized spacial score (nSPS) is 10.3. The van der Waals surface area contributed by atoms with Gasteiger partial charge < -0.3 is 9.64 Å². The minimum atomic E-state index is 0.00898. The van der Waals surface area contributed by atoms with Crippen LogP contribution in [0.4, 0.5) is 5.69 Å². The summed E-state index contributed by atoms with van der Waals surface area (Å²) in [5.41, 5.74) is 2.73. The van der Waals surface area contributed by atoms with E-state index in [-0.39, 0.29) is 5.91 Å². The maximum atomic E-state index is 13.0. The van der Waals surface area contributed by atoms with Gasteiger partial charge in [0, 0.05) is 17.8 Å². The molecule has 0 bridgehead atoms. The molecule has 0 aliphatic heterocycles. The molecular formula is C22H21NO2. The molecule has 25 heavy (non-hydrogen) atoms. The van der Waals surface area contributed by atoms with Gasteiger partial charge in [-0.05, 0) is 48.4 Å². The van der Waals surface area contributed by atoms with Gasteiger partial charge in [-0.3, -0.25) is 4.79 Å². The summed E-state index contributed by atoms with van der Waals surface area (Å²) in [4.78, 5) is 14.8. The van der Waals surface area contributed by atoms with Gasteiger partial charge in [-0.15, -0.1) is 0 Å². The lowest BCUT2D eigenvalue weighted by Crippen LogP contribution is -2.32. The summed E-state index contributed by atoms with van der Waals surface area (Å²) in [7, 11) is 1.66. The maximum Gasteiger partial charge on any atom is 0.258 e. The molecule has 3 rings (SSSR count). The second-order valence-electron chi connectivity index (χ2n) is 5.76. The quantitative estimate of drug-likeness (QED) is 0.661. The zero-order valence-electron chi connectivity index (χ0n) is 14.3. The zero-order valence-corrected chi connectivity index (χ0v) is 14.3. The molecule has 0 fully saturated rings. The van der Waals surface area contributed by atoms with Crippen molar-refractivity contribution in [3.8, 4) is 5.75 Å². The van der Waals surface area contributed by atoms with Crippen LogP contribution < -0.4 is 9.64 Å². The number of amides is 1. The van der Waals surface area contributed by atoms with Gasteiger partial charge in [-0.2, -0.15) is 0 Å². The summed E-state index contributed by atoms with van der Waals surface area (Å²) >= 11 is 0. The van der Waals surface area contributed by atoms with E-state index in [2.05, 4.69) is 6.07 Å². The smallest absolute Gasteiger partial charge is 0.258 e. The first-order valence-corrected chi connectivity index (χ1v) is 8.33. The highest BCUT2D eigenvalue weighted by molar-refractivity contribution is 6.06. The molecule has 0 spiro atoms. The van der Waals surface area contributed by atoms with Crippen molar-refractivity contribution in [3.05, 3.63) is 96.1 Å². The summed E-state index contributed by atoms with van der Waals surface area (Å²) in [6.07, 6.45) is 0.755. The lowest BCUT2D eigenvalue weighted by atomic mass is 10.1. The minimum Gasteiger partial charge on any atom is -0.497 e. The van der Waals surface area contributed by atoms with Crippen molar-refractivity contribution in [3.63, 3.8) is 0 Å². The van der Waals surface area contributed by atoms with E-state index >= 15 is 0 Å². The second kappa shape index (κ2) is 8.15. The number of rotatable bonds is 6. The number of carbonyl (C=O) groups is 1. The predicted octanol–water partition coefficient (Wildman–Crippen LogP) is 4.58. The van der Waals surface area contributed by atoms with Gasteiger partial charge in [-0.25, -0.2) is 0 Å². The molecule has 1 amide bonds. The Balaban J connectivity index is 1.83. The third-order valence-corrected chi connectivity index (χ3v) is 4.09. The highest BCUT2D eigenvalue weighted by Gasteiger charge is 2.17. The van der Waals surface area contributed by atoms with Crippen molar-refractivity contribution in [1.29, 1.82) is 0 Å². The van der Waals surface area contributed by atoms with Gasteiger partial charge in [-0.1, -0.05) is 48.5 Å². The minimum absolute atomic E-state index is 0.00898. The van der Waals surface area contributed by atoms with Crippen LogP contribution in [0.2, 0.25) is 0 Å². The Hall–Kier alpha value is -3.07. The van der Waals surface area contributed by atoms with E-state index in [0.29, 0.717) is 12.1 Å². The van der Waals surface area contributed by atoms with E-state index < -0.39 is 0 Å². The van der Waals surface area contributed by atoms with Crippen molar-refractivity contribution in [2.75, 3.05) is 18.6 Å². The number of para-hydroxylation sites is 1. The summed E-state index contributed by atoms with van der Waals surface area (Å²) in [6.45, 7) is 0.602. The number of ether oxygens (including phenoxy) is 1. The van der Waals surface area contributed by atoms with Crippen LogP contribution in [0.5, 0.6) is 5.75 Å². The molecule has 0 aromatic heterocycles. The average molecular weight is 331 g/mol. The molecule has 0 saturated carbocycles. The predicted molar refractivity (Wildman–Crippen MR) is 101 cm³/mol. The van der Waals surface area contributed by atoms with E-state index in [4.69, 9.17) is 4.74 Å². The number of hydrogen-bond donors (Lipinski definition) is 0. The Morgan fingerprint density at radius 3 is 2.24 bits per heavy atom. The first-order valence-electron chi connectivity index (χ1n) is 8.33. The van der Waals surface area contributed by atoms with E-state index in [1.807, 2.05) is 83.8 Å². The van der Waals surface area contributed by atoms with E-state index in [0.717, 1.165) is 23.4 Å². The highest BCUT2D eigenvalue weighted by Crippen LogP contribution is 2.19. The van der Waals surface area contributed by atoms with Crippen molar-refractivity contribution in [2.45, 2.75) is 6.42 Å². The number of carbonyl (C=O) groups excluding carboxylic acids is 1. The Kier molecular flexibility index (Phi) is 5.47. The van der Waals surface area contributed by atoms with Crippen LogP contribution in [-0.4, -0.2) is 19.6 Å². The van der Waals surface area contributed by atoms with Crippen molar-refractivity contribution >= 4 is 11.6 Å². The van der Waals surface area contributed by atoms with Crippen molar-refractivity contribution < 1.29 is 9.53 Å². The van der Waals surface area contributed by atoms with E-state index in [1.54, 1.807) is 7.11 Å². The Labute approximate surface area is 148 Å². The van der Waals surface area contributed by atoms with Crippen LogP contribution in [-0.2, 0) is 6.42 Å². The van der Waals surface area contributed by atoms with Gasteiger partial charge in [0.2, 0.25) is 0 Å². The fourth-order valence-electron chi connectivity index (χ4n) is 2.76. The molecule has 126 valence electrons. The Morgan fingerprint density at radius 1 is 0.880 bits per heavy atom. The third kappa shape index (κ3) is 4.27. The van der Waals surface area contributed by atoms with E-state index in [9.17, 15) is 4.79 Å². The fourth-order valence-corrected chi connectivity index (χ4v) is 2.76. The lowest BCUT2D eigenvalue weighted by molar-refractivity contribution is 0.0987. The summed E-state index contributed by atoms with van der Waals surface area (Å²) < 4.78 is 5.28. The van der Waals surface area contributed by atoms with Gasteiger partial charge in [0.15, 0.2) is 0 Å². The number of methoxy groups -OCH3 is 1. The largest absolute Gasteiger partial charge is 0.497 e. The van der Waals surface area contributed by atoms with Gasteiger partial charge in [0.05, 0.1) is 7.11 Å². The van der Waals surface area contributed by atoms with Crippen LogP contribution in [0.1, 0.15) is 15.9 Å². The van der Waals surface area contributed by atoms with Gasteiger partial charge in [0.25, 0.3) is 5.91 Å². The summed E-state index contributed by atoms with van der Waals surface area (Å²) in [5, 5.41) is 0. The lowest BCUT2D eigenvalue weighted by Gasteiger charge is -2.23. The van der Waals surface area contributed by atoms with Gasteiger partial charge >= 0.3 is 0 Å². The molecule has 0 radical (unpaired) electrons. The van der Waals surface area contributed by atoms with Crippen molar-refractivity contribution in [2.24, 2.45) is 0 Å². The molecule has 3 aromatic carbocycles. The number of hydrogen-bond acceptors (Lipinski definition) is 2. The SMILES string of the molecule is COc1cccc(CCN(C(=O)c2ccccc2)c2ccccc2)c1. The first-order chi connectivity index (χ1) is 12.3.